The number of pyridine rings is 1. The van der Waals surface area contributed by atoms with Crippen molar-refractivity contribution in [3.05, 3.63) is 81.1 Å². The lowest BCUT2D eigenvalue weighted by Crippen LogP contribution is -2.06. The van der Waals surface area contributed by atoms with Gasteiger partial charge in [0.15, 0.2) is 5.43 Å². The molecule has 0 aliphatic heterocycles. The lowest BCUT2D eigenvalue weighted by Gasteiger charge is -2.08. The summed E-state index contributed by atoms with van der Waals surface area (Å²) in [5.41, 5.74) is 5.74. The van der Waals surface area contributed by atoms with E-state index < -0.39 is 0 Å². The van der Waals surface area contributed by atoms with Crippen molar-refractivity contribution in [1.29, 1.82) is 0 Å². The lowest BCUT2D eigenvalue weighted by atomic mass is 10.0. The van der Waals surface area contributed by atoms with Crippen molar-refractivity contribution in [3.8, 4) is 0 Å². The Balaban J connectivity index is 1.82. The van der Waals surface area contributed by atoms with Crippen LogP contribution in [0.4, 0.5) is 0 Å². The summed E-state index contributed by atoms with van der Waals surface area (Å²) < 4.78 is 0. The summed E-state index contributed by atoms with van der Waals surface area (Å²) in [6, 6.07) is 16.1. The van der Waals surface area contributed by atoms with Crippen LogP contribution in [0.15, 0.2) is 53.3 Å². The lowest BCUT2D eigenvalue weighted by molar-refractivity contribution is 1.19. The second-order valence-corrected chi connectivity index (χ2v) is 6.55. The van der Waals surface area contributed by atoms with Crippen molar-refractivity contribution in [2.24, 2.45) is 0 Å². The zero-order chi connectivity index (χ0) is 15.5. The first-order valence-corrected chi connectivity index (χ1v) is 8.54. The fourth-order valence-corrected chi connectivity index (χ4v) is 3.45. The zero-order valence-corrected chi connectivity index (χ0v) is 13.7. The van der Waals surface area contributed by atoms with Crippen LogP contribution in [0.3, 0.4) is 0 Å². The van der Waals surface area contributed by atoms with E-state index >= 15 is 0 Å². The first-order valence-electron chi connectivity index (χ1n) is 7.39. The Morgan fingerprint density at radius 1 is 1.00 bits per heavy atom. The molecule has 1 heterocycles. The molecule has 1 N–H and O–H groups in total. The normalized spacial score (nSPS) is 11.0. The number of aryl methyl sites for hydroxylation is 2. The number of aromatic amines is 1. The van der Waals surface area contributed by atoms with Gasteiger partial charge in [0, 0.05) is 28.7 Å². The van der Waals surface area contributed by atoms with Crippen LogP contribution >= 0.6 is 11.8 Å². The Hall–Kier alpha value is -2.00. The molecule has 2 nitrogen and oxygen atoms in total. The van der Waals surface area contributed by atoms with E-state index in [4.69, 9.17) is 0 Å². The van der Waals surface area contributed by atoms with Gasteiger partial charge in [-0.1, -0.05) is 36.4 Å². The molecule has 1 aromatic heterocycles. The number of hydrogen-bond acceptors (Lipinski definition) is 2. The van der Waals surface area contributed by atoms with Crippen molar-refractivity contribution in [1.82, 2.24) is 4.98 Å². The largest absolute Gasteiger partial charge is 0.357 e. The molecule has 3 heteroatoms. The quantitative estimate of drug-likeness (QED) is 0.765. The predicted octanol–water partition coefficient (Wildman–Crippen LogP) is 4.58. The van der Waals surface area contributed by atoms with Crippen LogP contribution in [-0.4, -0.2) is 4.98 Å². The third kappa shape index (κ3) is 3.09. The molecule has 3 aromatic rings. The van der Waals surface area contributed by atoms with E-state index in [9.17, 15) is 4.79 Å². The highest BCUT2D eigenvalue weighted by molar-refractivity contribution is 7.97. The number of rotatable bonds is 4. The Morgan fingerprint density at radius 2 is 1.77 bits per heavy atom. The van der Waals surface area contributed by atoms with Gasteiger partial charge in [-0.05, 0) is 36.6 Å². The summed E-state index contributed by atoms with van der Waals surface area (Å²) >= 11 is 1.82. The average Bonchev–Trinajstić information content (AvgIpc) is 2.52. The van der Waals surface area contributed by atoms with E-state index in [0.717, 1.165) is 33.7 Å². The van der Waals surface area contributed by atoms with Crippen molar-refractivity contribution >= 4 is 22.7 Å². The Kier molecular flexibility index (Phi) is 4.34. The van der Waals surface area contributed by atoms with Gasteiger partial charge in [-0.3, -0.25) is 4.79 Å². The molecule has 0 saturated carbocycles. The maximum atomic E-state index is 12.3. The number of benzene rings is 2. The van der Waals surface area contributed by atoms with E-state index in [1.165, 1.54) is 11.1 Å². The molecule has 0 radical (unpaired) electrons. The number of aromatic nitrogens is 1. The standard InChI is InChI=1S/C19H19NOS/c1-13-8-9-17-18(21)10-16(20-19(17)14(13)2)12-22-11-15-6-4-3-5-7-15/h3-10H,11-12H2,1-2H3,(H,20,21). The fourth-order valence-electron chi connectivity index (χ4n) is 2.55. The van der Waals surface area contributed by atoms with E-state index in [-0.39, 0.29) is 5.43 Å². The summed E-state index contributed by atoms with van der Waals surface area (Å²) in [5.74, 6) is 1.77. The third-order valence-corrected chi connectivity index (χ3v) is 5.01. The molecule has 0 aliphatic rings. The summed E-state index contributed by atoms with van der Waals surface area (Å²) in [4.78, 5) is 15.7. The molecule has 22 heavy (non-hydrogen) atoms. The summed E-state index contributed by atoms with van der Waals surface area (Å²) in [6.07, 6.45) is 0. The number of hydrogen-bond donors (Lipinski definition) is 1. The van der Waals surface area contributed by atoms with E-state index in [1.807, 2.05) is 30.0 Å². The minimum Gasteiger partial charge on any atom is -0.357 e. The molecular formula is C19H19NOS. The monoisotopic (exact) mass is 309 g/mol. The van der Waals surface area contributed by atoms with Gasteiger partial charge in [0.1, 0.15) is 0 Å². The zero-order valence-electron chi connectivity index (χ0n) is 12.8. The molecule has 0 aliphatic carbocycles. The van der Waals surface area contributed by atoms with E-state index in [0.29, 0.717) is 0 Å². The fraction of sp³-hybridized carbons (Fsp3) is 0.211. The summed E-state index contributed by atoms with van der Waals surface area (Å²) in [7, 11) is 0. The first-order chi connectivity index (χ1) is 10.6. The summed E-state index contributed by atoms with van der Waals surface area (Å²) in [5, 5.41) is 0.778. The van der Waals surface area contributed by atoms with Gasteiger partial charge in [-0.15, -0.1) is 0 Å². The highest BCUT2D eigenvalue weighted by Gasteiger charge is 2.06. The second-order valence-electron chi connectivity index (χ2n) is 5.57. The topological polar surface area (TPSA) is 32.9 Å². The Morgan fingerprint density at radius 3 is 2.55 bits per heavy atom. The molecule has 0 saturated heterocycles. The molecule has 112 valence electrons. The number of H-pyrrole nitrogens is 1. The van der Waals surface area contributed by atoms with Crippen molar-refractivity contribution in [2.45, 2.75) is 25.4 Å². The van der Waals surface area contributed by atoms with Gasteiger partial charge in [-0.25, -0.2) is 0 Å². The molecule has 0 amide bonds. The summed E-state index contributed by atoms with van der Waals surface area (Å²) in [6.45, 7) is 4.14. The van der Waals surface area contributed by atoms with E-state index in [2.05, 4.69) is 43.1 Å². The van der Waals surface area contributed by atoms with Gasteiger partial charge >= 0.3 is 0 Å². The average molecular weight is 309 g/mol. The smallest absolute Gasteiger partial charge is 0.189 e. The van der Waals surface area contributed by atoms with Gasteiger partial charge in [-0.2, -0.15) is 11.8 Å². The Labute approximate surface area is 134 Å². The van der Waals surface area contributed by atoms with Crippen LogP contribution in [0, 0.1) is 13.8 Å². The third-order valence-electron chi connectivity index (χ3n) is 3.96. The maximum Gasteiger partial charge on any atom is 0.189 e. The van der Waals surface area contributed by atoms with Gasteiger partial charge in [0.25, 0.3) is 0 Å². The Bertz CT molecular complexity index is 852. The van der Waals surface area contributed by atoms with Crippen LogP contribution in [0.25, 0.3) is 10.9 Å². The van der Waals surface area contributed by atoms with Gasteiger partial charge < -0.3 is 4.98 Å². The van der Waals surface area contributed by atoms with Gasteiger partial charge in [0.05, 0.1) is 5.52 Å². The van der Waals surface area contributed by atoms with Crippen molar-refractivity contribution in [2.75, 3.05) is 0 Å². The molecule has 0 unspecified atom stereocenters. The molecule has 0 atom stereocenters. The highest BCUT2D eigenvalue weighted by atomic mass is 32.2. The minimum atomic E-state index is 0.104. The molecule has 0 spiro atoms. The second kappa shape index (κ2) is 6.41. The number of thioether (sulfide) groups is 1. The SMILES string of the molecule is Cc1ccc2c(=O)cc(CSCc3ccccc3)[nH]c2c1C. The van der Waals surface area contributed by atoms with Crippen LogP contribution < -0.4 is 5.43 Å². The predicted molar refractivity (Wildman–Crippen MR) is 95.5 cm³/mol. The molecule has 2 aromatic carbocycles. The van der Waals surface area contributed by atoms with Crippen LogP contribution in [0.5, 0.6) is 0 Å². The van der Waals surface area contributed by atoms with Crippen molar-refractivity contribution in [3.63, 3.8) is 0 Å². The van der Waals surface area contributed by atoms with Crippen LogP contribution in [0.1, 0.15) is 22.4 Å². The number of nitrogens with one attached hydrogen (secondary N) is 1. The molecule has 0 bridgehead atoms. The molecular weight excluding hydrogens is 290 g/mol. The van der Waals surface area contributed by atoms with Crippen LogP contribution in [0.2, 0.25) is 0 Å². The highest BCUT2D eigenvalue weighted by Crippen LogP contribution is 2.20. The van der Waals surface area contributed by atoms with E-state index in [1.54, 1.807) is 6.07 Å². The first kappa shape index (κ1) is 14.9. The maximum absolute atomic E-state index is 12.3. The molecule has 3 rings (SSSR count). The van der Waals surface area contributed by atoms with Crippen molar-refractivity contribution < 1.29 is 0 Å². The number of fused-ring (bicyclic) bond motifs is 1. The molecule has 0 fully saturated rings. The van der Waals surface area contributed by atoms with Crippen LogP contribution in [-0.2, 0) is 11.5 Å². The van der Waals surface area contributed by atoms with Gasteiger partial charge in [0.2, 0.25) is 0 Å². The minimum absolute atomic E-state index is 0.104.